The molecule has 1 saturated heterocycles. The van der Waals surface area contributed by atoms with Crippen LogP contribution in [0.5, 0.6) is 0 Å². The highest BCUT2D eigenvalue weighted by molar-refractivity contribution is 8.01. The minimum atomic E-state index is -0.753. The van der Waals surface area contributed by atoms with Crippen LogP contribution in [0.3, 0.4) is 0 Å². The second kappa shape index (κ2) is 2.74. The Kier molecular flexibility index (Phi) is 1.63. The predicted octanol–water partition coefficient (Wildman–Crippen LogP) is 1.55. The molecule has 1 spiro atoms. The lowest BCUT2D eigenvalue weighted by molar-refractivity contribution is -0.128. The van der Waals surface area contributed by atoms with Crippen LogP contribution in [0.15, 0.2) is 24.3 Å². The number of hydrogen-bond acceptors (Lipinski definition) is 3. The molecule has 14 heavy (non-hydrogen) atoms. The van der Waals surface area contributed by atoms with E-state index in [0.29, 0.717) is 6.61 Å². The Morgan fingerprint density at radius 3 is 3.07 bits per heavy atom. The van der Waals surface area contributed by atoms with Crippen molar-refractivity contribution >= 4 is 23.4 Å². The Morgan fingerprint density at radius 2 is 2.29 bits per heavy atom. The summed E-state index contributed by atoms with van der Waals surface area (Å²) < 4.78 is 5.59. The summed E-state index contributed by atoms with van der Waals surface area (Å²) in [6.45, 7) is 0.645. The fraction of sp³-hybridized carbons (Fsp3) is 0.300. The number of hydrogen-bond donors (Lipinski definition) is 1. The number of rotatable bonds is 0. The average Bonchev–Trinajstić information content (AvgIpc) is 2.77. The fourth-order valence-electron chi connectivity index (χ4n) is 1.91. The van der Waals surface area contributed by atoms with Crippen molar-refractivity contribution in [2.24, 2.45) is 0 Å². The number of para-hydroxylation sites is 1. The summed E-state index contributed by atoms with van der Waals surface area (Å²) >= 11 is 1.57. The van der Waals surface area contributed by atoms with E-state index in [1.54, 1.807) is 11.8 Å². The van der Waals surface area contributed by atoms with Gasteiger partial charge in [0, 0.05) is 17.0 Å². The first-order valence-electron chi connectivity index (χ1n) is 4.52. The summed E-state index contributed by atoms with van der Waals surface area (Å²) in [7, 11) is 0. The van der Waals surface area contributed by atoms with E-state index in [-0.39, 0.29) is 5.91 Å². The first kappa shape index (κ1) is 8.32. The van der Waals surface area contributed by atoms with Crippen LogP contribution < -0.4 is 5.32 Å². The van der Waals surface area contributed by atoms with Gasteiger partial charge in [-0.15, -0.1) is 11.8 Å². The van der Waals surface area contributed by atoms with Crippen molar-refractivity contribution in [1.82, 2.24) is 0 Å². The lowest BCUT2D eigenvalue weighted by atomic mass is 10.1. The van der Waals surface area contributed by atoms with Gasteiger partial charge >= 0.3 is 0 Å². The number of ether oxygens (including phenoxy) is 1. The quantitative estimate of drug-likeness (QED) is 0.701. The van der Waals surface area contributed by atoms with Crippen molar-refractivity contribution in [2.75, 3.05) is 17.7 Å². The van der Waals surface area contributed by atoms with E-state index in [1.807, 2.05) is 24.3 Å². The van der Waals surface area contributed by atoms with Gasteiger partial charge in [0.25, 0.3) is 5.91 Å². The Bertz CT molecular complexity index is 399. The molecule has 2 aliphatic rings. The van der Waals surface area contributed by atoms with Crippen LogP contribution in [0.2, 0.25) is 0 Å². The van der Waals surface area contributed by atoms with Crippen molar-refractivity contribution in [3.8, 4) is 0 Å². The first-order valence-corrected chi connectivity index (χ1v) is 5.50. The molecule has 1 atom stereocenters. The zero-order valence-electron chi connectivity index (χ0n) is 7.45. The number of nitrogens with one attached hydrogen (secondary N) is 1. The number of fused-ring (bicyclic) bond motifs is 2. The van der Waals surface area contributed by atoms with E-state index < -0.39 is 4.93 Å². The van der Waals surface area contributed by atoms with Gasteiger partial charge in [0.05, 0.1) is 6.61 Å². The Morgan fingerprint density at radius 1 is 1.43 bits per heavy atom. The maximum absolute atomic E-state index is 11.8. The Hall–Kier alpha value is -1.00. The number of thioether (sulfide) groups is 1. The first-order chi connectivity index (χ1) is 6.83. The maximum Gasteiger partial charge on any atom is 0.272 e. The van der Waals surface area contributed by atoms with E-state index in [9.17, 15) is 4.79 Å². The van der Waals surface area contributed by atoms with Crippen molar-refractivity contribution in [3.05, 3.63) is 29.8 Å². The van der Waals surface area contributed by atoms with Gasteiger partial charge in [-0.2, -0.15) is 0 Å². The molecule has 2 aliphatic heterocycles. The number of carbonyl (C=O) groups excluding carboxylic acids is 1. The van der Waals surface area contributed by atoms with Gasteiger partial charge in [-0.3, -0.25) is 4.79 Å². The molecule has 0 aromatic heterocycles. The number of anilines is 1. The molecule has 1 fully saturated rings. The van der Waals surface area contributed by atoms with Crippen molar-refractivity contribution in [3.63, 3.8) is 0 Å². The van der Waals surface area contributed by atoms with E-state index in [1.165, 1.54) is 0 Å². The maximum atomic E-state index is 11.8. The molecular weight excluding hydrogens is 198 g/mol. The molecule has 72 valence electrons. The Balaban J connectivity index is 2.18. The molecule has 1 aromatic carbocycles. The second-order valence-electron chi connectivity index (χ2n) is 3.31. The molecule has 0 unspecified atom stereocenters. The van der Waals surface area contributed by atoms with Crippen LogP contribution in [0.4, 0.5) is 5.69 Å². The third-order valence-corrected chi connectivity index (χ3v) is 3.82. The molecule has 1 amide bonds. The molecule has 1 aromatic rings. The summed E-state index contributed by atoms with van der Waals surface area (Å²) in [6.07, 6.45) is 0. The number of benzene rings is 1. The van der Waals surface area contributed by atoms with Crippen LogP contribution in [0, 0.1) is 0 Å². The molecule has 2 heterocycles. The SMILES string of the molecule is O=C1Nc2ccccc2[C@]12OCCS2. The summed E-state index contributed by atoms with van der Waals surface area (Å²) in [5.74, 6) is 0.836. The summed E-state index contributed by atoms with van der Waals surface area (Å²) in [4.78, 5) is 11.0. The van der Waals surface area contributed by atoms with Gasteiger partial charge in [0.1, 0.15) is 0 Å². The van der Waals surface area contributed by atoms with Gasteiger partial charge in [0.2, 0.25) is 4.93 Å². The fourth-order valence-corrected chi connectivity index (χ4v) is 3.04. The van der Waals surface area contributed by atoms with Gasteiger partial charge < -0.3 is 10.1 Å². The lowest BCUT2D eigenvalue weighted by Crippen LogP contribution is -2.30. The highest BCUT2D eigenvalue weighted by atomic mass is 32.2. The van der Waals surface area contributed by atoms with E-state index >= 15 is 0 Å². The molecular formula is C10H9NO2S. The van der Waals surface area contributed by atoms with Gasteiger partial charge in [-0.25, -0.2) is 0 Å². The Labute approximate surface area is 85.8 Å². The summed E-state index contributed by atoms with van der Waals surface area (Å²) in [6, 6.07) is 7.70. The number of amides is 1. The molecule has 0 aliphatic carbocycles. The molecule has 0 radical (unpaired) electrons. The highest BCUT2D eigenvalue weighted by Gasteiger charge is 2.51. The largest absolute Gasteiger partial charge is 0.350 e. The van der Waals surface area contributed by atoms with Crippen molar-refractivity contribution in [1.29, 1.82) is 0 Å². The minimum absolute atomic E-state index is 0.0406. The minimum Gasteiger partial charge on any atom is -0.350 e. The number of carbonyl (C=O) groups is 1. The monoisotopic (exact) mass is 207 g/mol. The zero-order chi connectivity index (χ0) is 9.60. The smallest absolute Gasteiger partial charge is 0.272 e. The van der Waals surface area contributed by atoms with Gasteiger partial charge in [-0.05, 0) is 6.07 Å². The van der Waals surface area contributed by atoms with E-state index in [2.05, 4.69) is 5.32 Å². The highest BCUT2D eigenvalue weighted by Crippen LogP contribution is 2.49. The molecule has 0 bridgehead atoms. The van der Waals surface area contributed by atoms with Crippen molar-refractivity contribution < 1.29 is 9.53 Å². The van der Waals surface area contributed by atoms with Crippen LogP contribution in [0.25, 0.3) is 0 Å². The van der Waals surface area contributed by atoms with Gasteiger partial charge in [-0.1, -0.05) is 18.2 Å². The molecule has 0 saturated carbocycles. The molecule has 1 N–H and O–H groups in total. The van der Waals surface area contributed by atoms with Crippen LogP contribution in [-0.4, -0.2) is 18.3 Å². The van der Waals surface area contributed by atoms with Crippen molar-refractivity contribution in [2.45, 2.75) is 4.93 Å². The average molecular weight is 207 g/mol. The van der Waals surface area contributed by atoms with Crippen LogP contribution >= 0.6 is 11.8 Å². The lowest BCUT2D eigenvalue weighted by Gasteiger charge is -2.18. The van der Waals surface area contributed by atoms with E-state index in [0.717, 1.165) is 17.0 Å². The molecule has 4 heteroatoms. The zero-order valence-corrected chi connectivity index (χ0v) is 8.26. The standard InChI is InChI=1S/C10H9NO2S/c12-9-10(13-5-6-14-10)7-3-1-2-4-8(7)11-9/h1-4H,5-6H2,(H,11,12)/t10-/m1/s1. The third-order valence-electron chi connectivity index (χ3n) is 2.52. The normalized spacial score (nSPS) is 29.3. The second-order valence-corrected chi connectivity index (χ2v) is 4.59. The molecule has 3 rings (SSSR count). The topological polar surface area (TPSA) is 38.3 Å². The summed E-state index contributed by atoms with van der Waals surface area (Å²) in [5.41, 5.74) is 1.85. The predicted molar refractivity (Wildman–Crippen MR) is 55.2 cm³/mol. The van der Waals surface area contributed by atoms with Crippen LogP contribution in [0.1, 0.15) is 5.56 Å². The van der Waals surface area contributed by atoms with Crippen LogP contribution in [-0.2, 0) is 14.5 Å². The molecule has 3 nitrogen and oxygen atoms in total. The summed E-state index contributed by atoms with van der Waals surface area (Å²) in [5, 5.41) is 2.85. The van der Waals surface area contributed by atoms with E-state index in [4.69, 9.17) is 4.74 Å². The third kappa shape index (κ3) is 0.898. The van der Waals surface area contributed by atoms with Gasteiger partial charge in [0.15, 0.2) is 0 Å².